The molecule has 0 aliphatic carbocycles. The van der Waals surface area contributed by atoms with Crippen LogP contribution in [0.3, 0.4) is 0 Å². The second-order valence-electron chi connectivity index (χ2n) is 10.3. The molecule has 5 nitrogen and oxygen atoms in total. The van der Waals surface area contributed by atoms with Crippen LogP contribution < -0.4 is 4.74 Å². The normalized spacial score (nSPS) is 12.9. The number of ether oxygens (including phenoxy) is 1. The molecular weight excluding hydrogens is 415 g/mol. The van der Waals surface area contributed by atoms with E-state index in [1.54, 1.807) is 25.2 Å². The van der Waals surface area contributed by atoms with Crippen molar-refractivity contribution >= 4 is 27.3 Å². The van der Waals surface area contributed by atoms with Gasteiger partial charge in [-0.2, -0.15) is 0 Å². The molecule has 0 aliphatic rings. The molecule has 1 aromatic heterocycles. The van der Waals surface area contributed by atoms with E-state index in [9.17, 15) is 5.11 Å². The summed E-state index contributed by atoms with van der Waals surface area (Å²) in [6, 6.07) is 4.18. The Bertz CT molecular complexity index is 591. The number of hydrogen-bond acceptors (Lipinski definition) is 6. The predicted octanol–water partition coefficient (Wildman–Crippen LogP) is 5.31. The third kappa shape index (κ3) is 10.8. The predicted molar refractivity (Wildman–Crippen MR) is 131 cm³/mol. The minimum Gasteiger partial charge on any atom is -0.475 e. The smallest absolute Gasteiger partial charge is 0.475 e. The second kappa shape index (κ2) is 12.6. The van der Waals surface area contributed by atoms with E-state index < -0.39 is 19.5 Å². The van der Waals surface area contributed by atoms with Gasteiger partial charge in [-0.1, -0.05) is 33.6 Å². The summed E-state index contributed by atoms with van der Waals surface area (Å²) in [6.45, 7) is 19.9. The maximum atomic E-state index is 10.2. The zero-order valence-corrected chi connectivity index (χ0v) is 22.4. The van der Waals surface area contributed by atoms with Gasteiger partial charge >= 0.3 is 7.69 Å². The van der Waals surface area contributed by atoms with Crippen LogP contribution in [0.25, 0.3) is 0 Å². The van der Waals surface area contributed by atoms with Crippen LogP contribution in [-0.2, 0) is 10.8 Å². The number of unbranched alkanes of at least 4 members (excludes halogenated alkanes) is 3. The molecule has 30 heavy (non-hydrogen) atoms. The van der Waals surface area contributed by atoms with Gasteiger partial charge in [0.25, 0.3) is 0 Å². The number of thiophene rings is 1. The molecule has 1 radical (unpaired) electrons. The Labute approximate surface area is 190 Å². The van der Waals surface area contributed by atoms with Crippen molar-refractivity contribution in [3.05, 3.63) is 17.0 Å². The van der Waals surface area contributed by atoms with E-state index in [0.29, 0.717) is 5.04 Å². The summed E-state index contributed by atoms with van der Waals surface area (Å²) < 4.78 is 12.3. The first-order chi connectivity index (χ1) is 13.6. The Balaban J connectivity index is 0.00000263. The average molecular weight is 460 g/mol. The summed E-state index contributed by atoms with van der Waals surface area (Å²) >= 11 is 1.70. The third-order valence-electron chi connectivity index (χ3n) is 6.05. The number of rotatable bonds is 11. The molecule has 0 saturated carbocycles. The van der Waals surface area contributed by atoms with E-state index in [-0.39, 0.29) is 7.69 Å². The lowest BCUT2D eigenvalue weighted by molar-refractivity contribution is -0.0889. The summed E-state index contributed by atoms with van der Waals surface area (Å²) in [7, 11) is -1.59. The molecule has 175 valence electrons. The van der Waals surface area contributed by atoms with Crippen LogP contribution in [0.15, 0.2) is 12.1 Å². The molecule has 0 fully saturated rings. The highest BCUT2D eigenvalue weighted by Crippen LogP contribution is 2.36. The molecule has 0 aromatic carbocycles. The molecule has 0 atom stereocenters. The van der Waals surface area contributed by atoms with Gasteiger partial charge in [-0.25, -0.2) is 0 Å². The molecule has 1 rings (SSSR count). The van der Waals surface area contributed by atoms with E-state index in [0.717, 1.165) is 24.5 Å². The van der Waals surface area contributed by atoms with Crippen molar-refractivity contribution in [1.29, 1.82) is 0 Å². The van der Waals surface area contributed by atoms with Gasteiger partial charge in [0.05, 0.1) is 5.60 Å². The van der Waals surface area contributed by atoms with Gasteiger partial charge in [0, 0.05) is 11.5 Å². The minimum absolute atomic E-state index is 0. The zero-order valence-electron chi connectivity index (χ0n) is 20.5. The van der Waals surface area contributed by atoms with Crippen LogP contribution in [0.2, 0.25) is 18.1 Å². The highest BCUT2D eigenvalue weighted by atomic mass is 32.1. The Hall–Kier alpha value is -0.378. The Morgan fingerprint density at radius 3 is 1.97 bits per heavy atom. The highest BCUT2D eigenvalue weighted by Gasteiger charge is 2.38. The van der Waals surface area contributed by atoms with Crippen LogP contribution in [0.1, 0.15) is 79.0 Å². The van der Waals surface area contributed by atoms with Crippen molar-refractivity contribution in [1.82, 2.24) is 0 Å². The lowest BCUT2D eigenvalue weighted by Gasteiger charge is -2.36. The van der Waals surface area contributed by atoms with Crippen LogP contribution >= 0.6 is 11.3 Å². The fourth-order valence-electron chi connectivity index (χ4n) is 2.22. The SMILES string of the molecule is CC(C)(O)C(C)(C)Oc1ccc(CCCCCCO[Si](C)(C)C(C)(C)C)s1.O[B]O. The van der Waals surface area contributed by atoms with Gasteiger partial charge in [0.1, 0.15) is 5.60 Å². The second-order valence-corrected chi connectivity index (χ2v) is 16.2. The molecule has 0 amide bonds. The van der Waals surface area contributed by atoms with E-state index >= 15 is 0 Å². The van der Waals surface area contributed by atoms with Crippen LogP contribution in [0.4, 0.5) is 0 Å². The monoisotopic (exact) mass is 459 g/mol. The van der Waals surface area contributed by atoms with Crippen molar-refractivity contribution in [3.8, 4) is 5.06 Å². The lowest BCUT2D eigenvalue weighted by atomic mass is 9.90. The fourth-order valence-corrected chi connectivity index (χ4v) is 4.34. The average Bonchev–Trinajstić information content (AvgIpc) is 2.99. The molecule has 0 saturated heterocycles. The standard InChI is InChI=1S/C22H42O3SSi.BH2O2/c1-20(2,3)27(8,9)24-17-13-11-10-12-14-18-15-16-19(26-18)25-22(6,7)21(4,5)23;2-1-3/h15-16,23H,10-14,17H2,1-9H3;2-3H. The number of hydrogen-bond donors (Lipinski definition) is 3. The Morgan fingerprint density at radius 2 is 1.47 bits per heavy atom. The zero-order chi connectivity index (χ0) is 23.6. The van der Waals surface area contributed by atoms with Crippen molar-refractivity contribution in [2.45, 2.75) is 110 Å². The van der Waals surface area contributed by atoms with Crippen molar-refractivity contribution in [2.24, 2.45) is 0 Å². The summed E-state index contributed by atoms with van der Waals surface area (Å²) in [6.07, 6.45) is 5.93. The highest BCUT2D eigenvalue weighted by molar-refractivity contribution is 7.13. The quantitative estimate of drug-likeness (QED) is 0.309. The van der Waals surface area contributed by atoms with E-state index in [2.05, 4.69) is 39.9 Å². The van der Waals surface area contributed by atoms with Crippen molar-refractivity contribution < 1.29 is 24.3 Å². The first-order valence-electron chi connectivity index (χ1n) is 10.8. The minimum atomic E-state index is -1.59. The van der Waals surface area contributed by atoms with Gasteiger partial charge in [-0.05, 0) is 77.2 Å². The van der Waals surface area contributed by atoms with E-state index in [1.165, 1.54) is 24.1 Å². The van der Waals surface area contributed by atoms with Crippen LogP contribution in [-0.4, -0.2) is 49.0 Å². The molecule has 0 bridgehead atoms. The van der Waals surface area contributed by atoms with Crippen LogP contribution in [0.5, 0.6) is 5.06 Å². The van der Waals surface area contributed by atoms with Gasteiger partial charge in [0.2, 0.25) is 0 Å². The first kappa shape index (κ1) is 29.6. The third-order valence-corrected chi connectivity index (χ3v) is 11.6. The molecule has 3 N–H and O–H groups in total. The largest absolute Gasteiger partial charge is 0.482 e. The summed E-state index contributed by atoms with van der Waals surface area (Å²) in [4.78, 5) is 1.36. The van der Waals surface area contributed by atoms with Crippen molar-refractivity contribution in [3.63, 3.8) is 0 Å². The van der Waals surface area contributed by atoms with Crippen LogP contribution in [0, 0.1) is 0 Å². The summed E-state index contributed by atoms with van der Waals surface area (Å²) in [5.41, 5.74) is -1.50. The Morgan fingerprint density at radius 1 is 0.933 bits per heavy atom. The van der Waals surface area contributed by atoms with Gasteiger partial charge in [-0.3, -0.25) is 0 Å². The molecule has 1 aromatic rings. The first-order valence-corrected chi connectivity index (χ1v) is 14.5. The maximum absolute atomic E-state index is 10.2. The molecule has 0 spiro atoms. The summed E-state index contributed by atoms with van der Waals surface area (Å²) in [5, 5.41) is 25.4. The summed E-state index contributed by atoms with van der Waals surface area (Å²) in [5.74, 6) is 0. The number of aryl methyl sites for hydroxylation is 1. The molecule has 8 heteroatoms. The molecule has 0 aliphatic heterocycles. The maximum Gasteiger partial charge on any atom is 0.482 e. The number of aliphatic hydroxyl groups is 1. The molecule has 0 unspecified atom stereocenters. The van der Waals surface area contributed by atoms with Gasteiger partial charge in [0.15, 0.2) is 13.4 Å². The van der Waals surface area contributed by atoms with E-state index in [4.69, 9.17) is 19.2 Å². The van der Waals surface area contributed by atoms with Crippen molar-refractivity contribution in [2.75, 3.05) is 6.61 Å². The van der Waals surface area contributed by atoms with E-state index in [1.807, 2.05) is 19.9 Å². The topological polar surface area (TPSA) is 79.2 Å². The lowest BCUT2D eigenvalue weighted by Crippen LogP contribution is -2.49. The molecular formula is C22H44BO5SSi. The Kier molecular flexibility index (Phi) is 12.4. The van der Waals surface area contributed by atoms with Gasteiger partial charge < -0.3 is 24.3 Å². The van der Waals surface area contributed by atoms with Gasteiger partial charge in [-0.15, -0.1) is 11.3 Å². The molecule has 1 heterocycles. The fraction of sp³-hybridized carbons (Fsp3) is 0.818.